The molecule has 1 aliphatic rings. The summed E-state index contributed by atoms with van der Waals surface area (Å²) in [5, 5.41) is 4.29. The second-order valence-corrected chi connectivity index (χ2v) is 6.88. The average molecular weight is 355 g/mol. The molecule has 26 heavy (non-hydrogen) atoms. The van der Waals surface area contributed by atoms with Gasteiger partial charge in [0.2, 0.25) is 5.95 Å². The van der Waals surface area contributed by atoms with Crippen molar-refractivity contribution in [1.82, 2.24) is 19.7 Å². The van der Waals surface area contributed by atoms with Crippen LogP contribution in [0.25, 0.3) is 22.2 Å². The molecule has 7 heteroatoms. The van der Waals surface area contributed by atoms with Crippen LogP contribution in [-0.2, 0) is 11.8 Å². The van der Waals surface area contributed by atoms with Gasteiger partial charge in [0, 0.05) is 51.2 Å². The van der Waals surface area contributed by atoms with Crippen LogP contribution in [0.4, 0.5) is 5.95 Å². The minimum atomic E-state index is 0.655. The highest BCUT2D eigenvalue weighted by molar-refractivity contribution is 5.96. The van der Waals surface area contributed by atoms with Gasteiger partial charge in [0.25, 0.3) is 0 Å². The van der Waals surface area contributed by atoms with Gasteiger partial charge in [-0.3, -0.25) is 4.68 Å². The van der Waals surface area contributed by atoms with Crippen molar-refractivity contribution in [1.29, 1.82) is 0 Å². The van der Waals surface area contributed by atoms with Gasteiger partial charge in [-0.1, -0.05) is 0 Å². The number of imidazole rings is 1. The molecule has 1 fully saturated rings. The van der Waals surface area contributed by atoms with Crippen molar-refractivity contribution in [3.05, 3.63) is 24.5 Å². The van der Waals surface area contributed by atoms with Crippen LogP contribution in [0.1, 0.15) is 12.8 Å². The topological polar surface area (TPSA) is 68.2 Å². The third-order valence-corrected chi connectivity index (χ3v) is 5.15. The first-order valence-electron chi connectivity index (χ1n) is 8.99. The minimum absolute atomic E-state index is 0.655. The second kappa shape index (κ2) is 6.99. The Labute approximate surface area is 152 Å². The first-order valence-corrected chi connectivity index (χ1v) is 8.99. The summed E-state index contributed by atoms with van der Waals surface area (Å²) in [5.41, 5.74) is 3.97. The Kier molecular flexibility index (Phi) is 4.55. The molecule has 0 spiro atoms. The Morgan fingerprint density at radius 1 is 1.31 bits per heavy atom. The highest BCUT2D eigenvalue weighted by Gasteiger charge is 2.25. The molecule has 3 aromatic rings. The number of methoxy groups -OCH3 is 2. The number of ether oxygens (including phenoxy) is 2. The lowest BCUT2D eigenvalue weighted by molar-refractivity contribution is 0.180. The summed E-state index contributed by atoms with van der Waals surface area (Å²) < 4.78 is 12.6. The van der Waals surface area contributed by atoms with Gasteiger partial charge in [0.05, 0.1) is 13.3 Å². The molecule has 3 heterocycles. The Morgan fingerprint density at radius 2 is 2.19 bits per heavy atom. The van der Waals surface area contributed by atoms with Gasteiger partial charge >= 0.3 is 0 Å². The molecule has 7 nitrogen and oxygen atoms in total. The molecule has 0 saturated carbocycles. The predicted molar refractivity (Wildman–Crippen MR) is 102 cm³/mol. The first kappa shape index (κ1) is 16.9. The monoisotopic (exact) mass is 355 g/mol. The Morgan fingerprint density at radius 3 is 2.92 bits per heavy atom. The lowest BCUT2D eigenvalue weighted by Gasteiger charge is -2.14. The number of nitrogens with zero attached hydrogens (tertiary/aromatic N) is 4. The number of aromatic nitrogens is 4. The van der Waals surface area contributed by atoms with Crippen molar-refractivity contribution < 1.29 is 9.47 Å². The quantitative estimate of drug-likeness (QED) is 0.736. The molecule has 0 radical (unpaired) electrons. The number of fused-ring (bicyclic) bond motifs is 1. The van der Waals surface area contributed by atoms with Crippen molar-refractivity contribution in [3.63, 3.8) is 0 Å². The van der Waals surface area contributed by atoms with Crippen LogP contribution in [-0.4, -0.2) is 53.7 Å². The predicted octanol–water partition coefficient (Wildman–Crippen LogP) is 2.83. The molecular weight excluding hydrogens is 330 g/mol. The number of aryl methyl sites for hydroxylation is 1. The maximum atomic E-state index is 5.55. The zero-order chi connectivity index (χ0) is 18.1. The Bertz CT molecular complexity index is 901. The van der Waals surface area contributed by atoms with Crippen LogP contribution >= 0.6 is 0 Å². The van der Waals surface area contributed by atoms with Crippen molar-refractivity contribution in [2.24, 2.45) is 13.0 Å². The normalized spacial score (nSPS) is 17.3. The highest BCUT2D eigenvalue weighted by Crippen LogP contribution is 2.35. The van der Waals surface area contributed by atoms with E-state index in [4.69, 9.17) is 14.5 Å². The molecule has 1 unspecified atom stereocenters. The lowest BCUT2D eigenvalue weighted by atomic mass is 10.1. The van der Waals surface area contributed by atoms with E-state index < -0.39 is 0 Å². The maximum absolute atomic E-state index is 5.55. The van der Waals surface area contributed by atoms with E-state index in [2.05, 4.69) is 15.0 Å². The summed E-state index contributed by atoms with van der Waals surface area (Å²) in [5.74, 6) is 2.37. The highest BCUT2D eigenvalue weighted by atomic mass is 16.5. The van der Waals surface area contributed by atoms with Gasteiger partial charge in [-0.25, -0.2) is 4.98 Å². The fourth-order valence-corrected chi connectivity index (χ4v) is 3.71. The number of anilines is 1. The minimum Gasteiger partial charge on any atom is -0.494 e. The van der Waals surface area contributed by atoms with Crippen LogP contribution < -0.4 is 9.64 Å². The van der Waals surface area contributed by atoms with Crippen molar-refractivity contribution in [2.75, 3.05) is 38.8 Å². The Balaban J connectivity index is 1.69. The molecule has 0 amide bonds. The van der Waals surface area contributed by atoms with Crippen LogP contribution in [0.5, 0.6) is 5.75 Å². The van der Waals surface area contributed by atoms with Gasteiger partial charge in [0.1, 0.15) is 16.8 Å². The summed E-state index contributed by atoms with van der Waals surface area (Å²) in [6.07, 6.45) is 6.14. The number of hydrogen-bond donors (Lipinski definition) is 1. The molecular formula is C19H25N5O2. The number of benzene rings is 1. The zero-order valence-electron chi connectivity index (χ0n) is 15.5. The lowest BCUT2D eigenvalue weighted by Crippen LogP contribution is -2.21. The molecule has 1 aromatic carbocycles. The second-order valence-electron chi connectivity index (χ2n) is 6.88. The molecule has 0 aliphatic carbocycles. The number of nitrogens with one attached hydrogen (secondary N) is 1. The number of rotatable bonds is 6. The van der Waals surface area contributed by atoms with Crippen LogP contribution in [0.2, 0.25) is 0 Å². The molecule has 1 atom stereocenters. The molecule has 1 aliphatic heterocycles. The van der Waals surface area contributed by atoms with E-state index in [9.17, 15) is 0 Å². The maximum Gasteiger partial charge on any atom is 0.203 e. The standard InChI is InChI=1S/C19H25N5O2/c1-23-12-14(10-20-23)15-4-5-16(26-3)18-17(15)21-19(22-18)24-8-6-13(11-24)7-9-25-2/h4-5,10,12-13H,6-9,11H2,1-3H3,(H,21,22). The van der Waals surface area contributed by atoms with E-state index in [0.29, 0.717) is 5.92 Å². The number of hydrogen-bond acceptors (Lipinski definition) is 5. The van der Waals surface area contributed by atoms with Gasteiger partial charge in [-0.2, -0.15) is 5.10 Å². The average Bonchev–Trinajstić information content (AvgIpc) is 3.37. The van der Waals surface area contributed by atoms with Gasteiger partial charge < -0.3 is 19.4 Å². The van der Waals surface area contributed by atoms with E-state index in [1.807, 2.05) is 31.6 Å². The van der Waals surface area contributed by atoms with Crippen molar-refractivity contribution >= 4 is 17.0 Å². The van der Waals surface area contributed by atoms with Gasteiger partial charge in [-0.05, 0) is 30.9 Å². The van der Waals surface area contributed by atoms with E-state index in [-0.39, 0.29) is 0 Å². The summed E-state index contributed by atoms with van der Waals surface area (Å²) in [7, 11) is 5.37. The summed E-state index contributed by atoms with van der Waals surface area (Å²) in [6.45, 7) is 2.84. The molecule has 0 bridgehead atoms. The third-order valence-electron chi connectivity index (χ3n) is 5.15. The summed E-state index contributed by atoms with van der Waals surface area (Å²) in [6, 6.07) is 4.03. The van der Waals surface area contributed by atoms with Crippen molar-refractivity contribution in [2.45, 2.75) is 12.8 Å². The molecule has 1 saturated heterocycles. The van der Waals surface area contributed by atoms with Crippen LogP contribution in [0.15, 0.2) is 24.5 Å². The third kappa shape index (κ3) is 3.03. The van der Waals surface area contributed by atoms with Gasteiger partial charge in [-0.15, -0.1) is 0 Å². The molecule has 2 aromatic heterocycles. The fourth-order valence-electron chi connectivity index (χ4n) is 3.71. The Hall–Kier alpha value is -2.54. The van der Waals surface area contributed by atoms with Gasteiger partial charge in [0.15, 0.2) is 0 Å². The zero-order valence-corrected chi connectivity index (χ0v) is 15.5. The molecule has 138 valence electrons. The summed E-state index contributed by atoms with van der Waals surface area (Å²) >= 11 is 0. The first-order chi connectivity index (χ1) is 12.7. The van der Waals surface area contributed by atoms with Crippen LogP contribution in [0, 0.1) is 5.92 Å². The number of H-pyrrole nitrogens is 1. The smallest absolute Gasteiger partial charge is 0.203 e. The van der Waals surface area contributed by atoms with Crippen LogP contribution in [0.3, 0.4) is 0 Å². The van der Waals surface area contributed by atoms with E-state index in [1.54, 1.807) is 18.9 Å². The van der Waals surface area contributed by atoms with E-state index >= 15 is 0 Å². The SMILES string of the molecule is COCCC1CCN(c2nc3c(-c4cnn(C)c4)ccc(OC)c3[nH]2)C1. The largest absolute Gasteiger partial charge is 0.494 e. The molecule has 4 rings (SSSR count). The van der Waals surface area contributed by atoms with Crippen molar-refractivity contribution in [3.8, 4) is 16.9 Å². The fraction of sp³-hybridized carbons (Fsp3) is 0.474. The van der Waals surface area contributed by atoms with E-state index in [1.165, 1.54) is 6.42 Å². The number of aromatic amines is 1. The van der Waals surface area contributed by atoms with E-state index in [0.717, 1.165) is 60.0 Å². The summed E-state index contributed by atoms with van der Waals surface area (Å²) in [4.78, 5) is 10.7. The molecule has 1 N–H and O–H groups in total.